The number of nitrogens with zero attached hydrogens (tertiary/aromatic N) is 2. The number of nitrogens with one attached hydrogen (secondary N) is 1. The molecule has 0 saturated carbocycles. The number of hydrogen-bond acceptors (Lipinski definition) is 6. The lowest BCUT2D eigenvalue weighted by Gasteiger charge is -2.10. The van der Waals surface area contributed by atoms with Gasteiger partial charge in [0, 0.05) is 23.1 Å². The second-order valence-corrected chi connectivity index (χ2v) is 6.59. The molecule has 0 fully saturated rings. The van der Waals surface area contributed by atoms with E-state index in [0.29, 0.717) is 28.9 Å². The molecular formula is C23H17N3O5. The van der Waals surface area contributed by atoms with Gasteiger partial charge in [0.15, 0.2) is 5.76 Å². The Morgan fingerprint density at radius 2 is 2.00 bits per heavy atom. The number of ether oxygens (including phenoxy) is 1. The van der Waals surface area contributed by atoms with Crippen LogP contribution in [0.5, 0.6) is 5.75 Å². The van der Waals surface area contributed by atoms with Crippen molar-refractivity contribution in [3.8, 4) is 5.75 Å². The summed E-state index contributed by atoms with van der Waals surface area (Å²) in [7, 11) is 0. The summed E-state index contributed by atoms with van der Waals surface area (Å²) >= 11 is 0. The highest BCUT2D eigenvalue weighted by atomic mass is 16.6. The zero-order valence-corrected chi connectivity index (χ0v) is 16.3. The van der Waals surface area contributed by atoms with Crippen molar-refractivity contribution < 1.29 is 18.9 Å². The van der Waals surface area contributed by atoms with E-state index in [4.69, 9.17) is 9.15 Å². The first-order chi connectivity index (χ1) is 15.1. The summed E-state index contributed by atoms with van der Waals surface area (Å²) in [6.07, 6.45) is 3.15. The number of hydrogen-bond donors (Lipinski definition) is 1. The molecule has 0 aliphatic heterocycles. The van der Waals surface area contributed by atoms with Gasteiger partial charge in [0.2, 0.25) is 0 Å². The molecule has 1 aromatic heterocycles. The van der Waals surface area contributed by atoms with Crippen LogP contribution >= 0.6 is 0 Å². The van der Waals surface area contributed by atoms with Crippen molar-refractivity contribution >= 4 is 39.6 Å². The van der Waals surface area contributed by atoms with Crippen molar-refractivity contribution in [2.75, 3.05) is 6.61 Å². The van der Waals surface area contributed by atoms with Crippen LogP contribution in [0.25, 0.3) is 21.7 Å². The van der Waals surface area contributed by atoms with Crippen LogP contribution in [0.1, 0.15) is 16.1 Å². The van der Waals surface area contributed by atoms with Crippen LogP contribution in [0.3, 0.4) is 0 Å². The number of non-ortho nitro benzene ring substituents is 1. The number of amides is 1. The predicted molar refractivity (Wildman–Crippen MR) is 118 cm³/mol. The molecule has 1 N–H and O–H groups in total. The van der Waals surface area contributed by atoms with Crippen LogP contribution < -0.4 is 10.2 Å². The van der Waals surface area contributed by atoms with Crippen molar-refractivity contribution in [1.82, 2.24) is 5.43 Å². The number of hydrazone groups is 1. The third-order valence-corrected chi connectivity index (χ3v) is 4.58. The van der Waals surface area contributed by atoms with Crippen molar-refractivity contribution in [2.45, 2.75) is 0 Å². The number of nitro groups is 1. The molecule has 0 aliphatic carbocycles. The second-order valence-electron chi connectivity index (χ2n) is 6.59. The molecule has 154 valence electrons. The van der Waals surface area contributed by atoms with E-state index in [1.165, 1.54) is 30.5 Å². The Morgan fingerprint density at radius 3 is 2.81 bits per heavy atom. The molecule has 8 heteroatoms. The molecule has 0 unspecified atom stereocenters. The van der Waals surface area contributed by atoms with Crippen LogP contribution in [-0.2, 0) is 0 Å². The quantitative estimate of drug-likeness (QED) is 0.201. The summed E-state index contributed by atoms with van der Waals surface area (Å²) < 4.78 is 11.2. The third-order valence-electron chi connectivity index (χ3n) is 4.58. The van der Waals surface area contributed by atoms with Gasteiger partial charge >= 0.3 is 5.91 Å². The topological polar surface area (TPSA) is 107 Å². The number of fused-ring (bicyclic) bond motifs is 2. The molecule has 4 rings (SSSR count). The molecule has 0 atom stereocenters. The fourth-order valence-electron chi connectivity index (χ4n) is 3.15. The molecule has 31 heavy (non-hydrogen) atoms. The molecule has 1 amide bonds. The van der Waals surface area contributed by atoms with E-state index in [0.717, 1.165) is 10.8 Å². The van der Waals surface area contributed by atoms with Gasteiger partial charge in [0.05, 0.1) is 11.1 Å². The van der Waals surface area contributed by atoms with E-state index in [-0.39, 0.29) is 11.4 Å². The SMILES string of the molecule is C=CCOc1ccc2ccccc2c1C=NNC(=O)c1cc2cc([N+](=O)[O-])ccc2o1. The maximum absolute atomic E-state index is 12.4. The lowest BCUT2D eigenvalue weighted by atomic mass is 10.0. The summed E-state index contributed by atoms with van der Waals surface area (Å²) in [4.78, 5) is 22.8. The second kappa shape index (κ2) is 8.50. The lowest BCUT2D eigenvalue weighted by molar-refractivity contribution is -0.384. The van der Waals surface area contributed by atoms with Gasteiger partial charge in [0.1, 0.15) is 17.9 Å². The molecule has 0 spiro atoms. The van der Waals surface area contributed by atoms with E-state index in [2.05, 4.69) is 17.1 Å². The van der Waals surface area contributed by atoms with Gasteiger partial charge in [-0.05, 0) is 29.0 Å². The Bertz CT molecular complexity index is 1340. The number of carbonyl (C=O) groups excluding carboxylic acids is 1. The molecule has 0 saturated heterocycles. The standard InChI is InChI=1S/C23H17N3O5/c1-2-11-30-21-9-7-15-5-3-4-6-18(15)19(21)14-24-25-23(27)22-13-16-12-17(26(28)29)8-10-20(16)31-22/h2-10,12-14H,1,11H2,(H,25,27). The maximum Gasteiger partial charge on any atom is 0.307 e. The molecule has 8 nitrogen and oxygen atoms in total. The summed E-state index contributed by atoms with van der Waals surface area (Å²) in [6, 6.07) is 17.1. The molecular weight excluding hydrogens is 398 g/mol. The number of furan rings is 1. The Balaban J connectivity index is 1.58. The summed E-state index contributed by atoms with van der Waals surface area (Å²) in [6.45, 7) is 3.99. The molecule has 3 aromatic carbocycles. The average molecular weight is 415 g/mol. The number of rotatable bonds is 7. The first-order valence-corrected chi connectivity index (χ1v) is 9.33. The smallest absolute Gasteiger partial charge is 0.307 e. The fraction of sp³-hybridized carbons (Fsp3) is 0.0435. The highest BCUT2D eigenvalue weighted by Crippen LogP contribution is 2.27. The van der Waals surface area contributed by atoms with Gasteiger partial charge in [-0.3, -0.25) is 14.9 Å². The van der Waals surface area contributed by atoms with E-state index in [1.54, 1.807) is 6.08 Å². The van der Waals surface area contributed by atoms with Crippen LogP contribution in [0.15, 0.2) is 82.8 Å². The van der Waals surface area contributed by atoms with Gasteiger partial charge in [0.25, 0.3) is 5.69 Å². The molecule has 0 aliphatic rings. The Morgan fingerprint density at radius 1 is 1.16 bits per heavy atom. The average Bonchev–Trinajstić information content (AvgIpc) is 3.21. The largest absolute Gasteiger partial charge is 0.489 e. The molecule has 0 bridgehead atoms. The Kier molecular flexibility index (Phi) is 5.44. The molecule has 4 aromatic rings. The van der Waals surface area contributed by atoms with Gasteiger partial charge in [-0.15, -0.1) is 0 Å². The van der Waals surface area contributed by atoms with Gasteiger partial charge in [-0.25, -0.2) is 5.43 Å². The first kappa shape index (κ1) is 19.8. The van der Waals surface area contributed by atoms with Crippen LogP contribution in [-0.4, -0.2) is 23.7 Å². The summed E-state index contributed by atoms with van der Waals surface area (Å²) in [5.41, 5.74) is 3.42. The maximum atomic E-state index is 12.4. The number of carbonyl (C=O) groups is 1. The van der Waals surface area contributed by atoms with Crippen molar-refractivity contribution in [2.24, 2.45) is 5.10 Å². The van der Waals surface area contributed by atoms with Gasteiger partial charge < -0.3 is 9.15 Å². The Labute approximate surface area is 176 Å². The van der Waals surface area contributed by atoms with E-state index >= 15 is 0 Å². The lowest BCUT2D eigenvalue weighted by Crippen LogP contribution is -2.16. The van der Waals surface area contributed by atoms with Crippen molar-refractivity contribution in [3.05, 3.63) is 94.8 Å². The van der Waals surface area contributed by atoms with Crippen molar-refractivity contribution in [3.63, 3.8) is 0 Å². The zero-order chi connectivity index (χ0) is 21.8. The number of benzene rings is 3. The summed E-state index contributed by atoms with van der Waals surface area (Å²) in [5.74, 6) is 0.0187. The monoisotopic (exact) mass is 415 g/mol. The minimum atomic E-state index is -0.580. The highest BCUT2D eigenvalue weighted by molar-refractivity contribution is 6.03. The minimum absolute atomic E-state index is 0.00583. The summed E-state index contributed by atoms with van der Waals surface area (Å²) in [5, 5.41) is 17.3. The predicted octanol–water partition coefficient (Wildman–Crippen LogP) is 4.82. The zero-order valence-electron chi connectivity index (χ0n) is 16.3. The van der Waals surface area contributed by atoms with E-state index < -0.39 is 10.8 Å². The fourth-order valence-corrected chi connectivity index (χ4v) is 3.15. The minimum Gasteiger partial charge on any atom is -0.489 e. The Hall–Kier alpha value is -4.46. The first-order valence-electron chi connectivity index (χ1n) is 9.33. The van der Waals surface area contributed by atoms with E-state index in [9.17, 15) is 14.9 Å². The molecule has 1 heterocycles. The number of nitro benzene ring substituents is 1. The van der Waals surface area contributed by atoms with Crippen LogP contribution in [0.2, 0.25) is 0 Å². The third kappa shape index (κ3) is 4.13. The van der Waals surface area contributed by atoms with Crippen LogP contribution in [0, 0.1) is 10.1 Å². The highest BCUT2D eigenvalue weighted by Gasteiger charge is 2.15. The van der Waals surface area contributed by atoms with E-state index in [1.807, 2.05) is 36.4 Å². The van der Waals surface area contributed by atoms with Crippen LogP contribution in [0.4, 0.5) is 5.69 Å². The molecule has 0 radical (unpaired) electrons. The van der Waals surface area contributed by atoms with Gasteiger partial charge in [-0.1, -0.05) is 43.0 Å². The normalized spacial score (nSPS) is 11.1. The van der Waals surface area contributed by atoms with Gasteiger partial charge in [-0.2, -0.15) is 5.10 Å². The van der Waals surface area contributed by atoms with Crippen molar-refractivity contribution in [1.29, 1.82) is 0 Å².